The highest BCUT2D eigenvalue weighted by Gasteiger charge is 2.33. The van der Waals surface area contributed by atoms with Crippen molar-refractivity contribution in [3.05, 3.63) is 30.1 Å². The minimum absolute atomic E-state index is 0.0798. The topological polar surface area (TPSA) is 36.4 Å². The fourth-order valence-corrected chi connectivity index (χ4v) is 2.77. The molecule has 0 spiro atoms. The van der Waals surface area contributed by atoms with Crippen LogP contribution >= 0.6 is 0 Å². The van der Waals surface area contributed by atoms with Gasteiger partial charge in [-0.1, -0.05) is 6.92 Å². The van der Waals surface area contributed by atoms with Gasteiger partial charge in [0.25, 0.3) is 5.91 Å². The fraction of sp³-hybridized carbons (Fsp3) is 0.600. The molecule has 1 atom stereocenters. The summed E-state index contributed by atoms with van der Waals surface area (Å²) in [6, 6.07) is 3.30. The SMILES string of the molecule is CCN(CC1CCN(C(=O)c2ccncc2)C1)CC(F)(F)F. The number of alkyl halides is 3. The van der Waals surface area contributed by atoms with Gasteiger partial charge < -0.3 is 4.90 Å². The molecule has 2 heterocycles. The van der Waals surface area contributed by atoms with Crippen molar-refractivity contribution in [1.29, 1.82) is 0 Å². The van der Waals surface area contributed by atoms with Gasteiger partial charge in [0.05, 0.1) is 6.54 Å². The van der Waals surface area contributed by atoms with Crippen LogP contribution in [0.2, 0.25) is 0 Å². The van der Waals surface area contributed by atoms with Gasteiger partial charge in [0, 0.05) is 37.6 Å². The summed E-state index contributed by atoms with van der Waals surface area (Å²) in [6.45, 7) is 2.66. The molecule has 0 aliphatic carbocycles. The van der Waals surface area contributed by atoms with Crippen molar-refractivity contribution < 1.29 is 18.0 Å². The highest BCUT2D eigenvalue weighted by molar-refractivity contribution is 5.94. The van der Waals surface area contributed by atoms with Gasteiger partial charge in [0.15, 0.2) is 0 Å². The lowest BCUT2D eigenvalue weighted by Gasteiger charge is -2.25. The third kappa shape index (κ3) is 4.69. The molecule has 0 N–H and O–H groups in total. The Balaban J connectivity index is 1.88. The van der Waals surface area contributed by atoms with Gasteiger partial charge in [-0.25, -0.2) is 0 Å². The van der Waals surface area contributed by atoms with E-state index in [4.69, 9.17) is 0 Å². The average molecular weight is 315 g/mol. The summed E-state index contributed by atoms with van der Waals surface area (Å²) in [7, 11) is 0. The van der Waals surface area contributed by atoms with E-state index in [-0.39, 0.29) is 11.8 Å². The second-order valence-electron chi connectivity index (χ2n) is 5.58. The molecule has 1 unspecified atom stereocenters. The molecule has 1 aliphatic heterocycles. The van der Waals surface area contributed by atoms with E-state index in [9.17, 15) is 18.0 Å². The van der Waals surface area contributed by atoms with E-state index in [1.165, 1.54) is 4.90 Å². The van der Waals surface area contributed by atoms with Gasteiger partial charge in [0.2, 0.25) is 0 Å². The fourth-order valence-electron chi connectivity index (χ4n) is 2.77. The van der Waals surface area contributed by atoms with Crippen LogP contribution < -0.4 is 0 Å². The van der Waals surface area contributed by atoms with E-state index in [0.29, 0.717) is 31.7 Å². The van der Waals surface area contributed by atoms with Crippen LogP contribution in [0.3, 0.4) is 0 Å². The molecule has 1 fully saturated rings. The number of hydrogen-bond donors (Lipinski definition) is 0. The van der Waals surface area contributed by atoms with Crippen molar-refractivity contribution in [3.63, 3.8) is 0 Å². The van der Waals surface area contributed by atoms with Gasteiger partial charge in [0.1, 0.15) is 0 Å². The monoisotopic (exact) mass is 315 g/mol. The van der Waals surface area contributed by atoms with Gasteiger partial charge in [-0.05, 0) is 31.0 Å². The molecule has 2 rings (SSSR count). The first-order valence-electron chi connectivity index (χ1n) is 7.37. The number of amides is 1. The first-order chi connectivity index (χ1) is 10.4. The highest BCUT2D eigenvalue weighted by Crippen LogP contribution is 2.22. The molecule has 1 aliphatic rings. The second-order valence-corrected chi connectivity index (χ2v) is 5.58. The Bertz CT molecular complexity index is 493. The maximum atomic E-state index is 12.5. The molecule has 1 saturated heterocycles. The Hall–Kier alpha value is -1.63. The standard InChI is InChI=1S/C15H20F3N3O/c1-2-20(11-15(16,17)18)9-12-5-8-21(10-12)14(22)13-3-6-19-7-4-13/h3-4,6-7,12H,2,5,8-11H2,1H3. The van der Waals surface area contributed by atoms with E-state index < -0.39 is 12.7 Å². The maximum absolute atomic E-state index is 12.5. The van der Waals surface area contributed by atoms with Gasteiger partial charge in [-0.3, -0.25) is 14.7 Å². The molecule has 0 bridgehead atoms. The molecule has 0 saturated carbocycles. The second kappa shape index (κ2) is 7.09. The molecule has 7 heteroatoms. The summed E-state index contributed by atoms with van der Waals surface area (Å²) in [4.78, 5) is 19.3. The molecular formula is C15H20F3N3O. The van der Waals surface area contributed by atoms with Gasteiger partial charge in [-0.2, -0.15) is 13.2 Å². The summed E-state index contributed by atoms with van der Waals surface area (Å²) in [5.74, 6) is 0.0110. The van der Waals surface area contributed by atoms with Crippen molar-refractivity contribution in [1.82, 2.24) is 14.8 Å². The van der Waals surface area contributed by atoms with Crippen LogP contribution in [0, 0.1) is 5.92 Å². The Labute approximate surface area is 127 Å². The van der Waals surface area contributed by atoms with Crippen LogP contribution in [0.4, 0.5) is 13.2 Å². The summed E-state index contributed by atoms with van der Waals surface area (Å²) < 4.78 is 37.4. The zero-order chi connectivity index (χ0) is 16.2. The van der Waals surface area contributed by atoms with Crippen LogP contribution in [-0.2, 0) is 0 Å². The van der Waals surface area contributed by atoms with Crippen LogP contribution in [0.25, 0.3) is 0 Å². The van der Waals surface area contributed by atoms with Crippen molar-refractivity contribution in [2.75, 3.05) is 32.7 Å². The smallest absolute Gasteiger partial charge is 0.338 e. The van der Waals surface area contributed by atoms with Gasteiger partial charge in [-0.15, -0.1) is 0 Å². The Kier molecular flexibility index (Phi) is 5.39. The van der Waals surface area contributed by atoms with E-state index >= 15 is 0 Å². The number of rotatable bonds is 5. The average Bonchev–Trinajstić information content (AvgIpc) is 2.93. The number of nitrogens with zero attached hydrogens (tertiary/aromatic N) is 3. The third-order valence-corrected chi connectivity index (χ3v) is 3.87. The first kappa shape index (κ1) is 16.7. The summed E-state index contributed by atoms with van der Waals surface area (Å²) in [5.41, 5.74) is 0.568. The Morgan fingerprint density at radius 3 is 2.68 bits per heavy atom. The molecule has 0 aromatic carbocycles. The molecule has 1 amide bonds. The molecule has 122 valence electrons. The van der Waals surface area contributed by atoms with Crippen molar-refractivity contribution >= 4 is 5.91 Å². The van der Waals surface area contributed by atoms with Crippen molar-refractivity contribution in [3.8, 4) is 0 Å². The van der Waals surface area contributed by atoms with E-state index in [0.717, 1.165) is 6.42 Å². The lowest BCUT2D eigenvalue weighted by molar-refractivity contribution is -0.146. The Morgan fingerprint density at radius 1 is 1.41 bits per heavy atom. The normalized spacial score (nSPS) is 19.0. The minimum atomic E-state index is -4.18. The molecule has 1 aromatic rings. The number of hydrogen-bond acceptors (Lipinski definition) is 3. The lowest BCUT2D eigenvalue weighted by atomic mass is 10.1. The van der Waals surface area contributed by atoms with Crippen LogP contribution in [0.15, 0.2) is 24.5 Å². The first-order valence-corrected chi connectivity index (χ1v) is 7.37. The number of likely N-dealkylation sites (tertiary alicyclic amines) is 1. The highest BCUT2D eigenvalue weighted by atomic mass is 19.4. The number of carbonyl (C=O) groups is 1. The van der Waals surface area contributed by atoms with Crippen LogP contribution in [0.1, 0.15) is 23.7 Å². The zero-order valence-electron chi connectivity index (χ0n) is 12.5. The lowest BCUT2D eigenvalue weighted by Crippen LogP contribution is -2.38. The van der Waals surface area contributed by atoms with Crippen LogP contribution in [0.5, 0.6) is 0 Å². The third-order valence-electron chi connectivity index (χ3n) is 3.87. The maximum Gasteiger partial charge on any atom is 0.401 e. The van der Waals surface area contributed by atoms with E-state index in [1.54, 1.807) is 36.4 Å². The number of carbonyl (C=O) groups excluding carboxylic acids is 1. The molecule has 0 radical (unpaired) electrons. The minimum Gasteiger partial charge on any atom is -0.338 e. The van der Waals surface area contributed by atoms with Crippen molar-refractivity contribution in [2.24, 2.45) is 5.92 Å². The predicted octanol–water partition coefficient (Wildman–Crippen LogP) is 2.43. The Morgan fingerprint density at radius 2 is 2.09 bits per heavy atom. The molecular weight excluding hydrogens is 295 g/mol. The van der Waals surface area contributed by atoms with E-state index in [1.807, 2.05) is 0 Å². The quantitative estimate of drug-likeness (QED) is 0.837. The molecule has 4 nitrogen and oxygen atoms in total. The summed E-state index contributed by atoms with van der Waals surface area (Å²) in [6.07, 6.45) is -0.321. The predicted molar refractivity (Wildman–Crippen MR) is 76.4 cm³/mol. The summed E-state index contributed by atoms with van der Waals surface area (Å²) >= 11 is 0. The van der Waals surface area contributed by atoms with Crippen molar-refractivity contribution in [2.45, 2.75) is 19.5 Å². The van der Waals surface area contributed by atoms with Gasteiger partial charge >= 0.3 is 6.18 Å². The number of halogens is 3. The number of aromatic nitrogens is 1. The molecule has 1 aromatic heterocycles. The largest absolute Gasteiger partial charge is 0.401 e. The number of pyridine rings is 1. The molecule has 22 heavy (non-hydrogen) atoms. The van der Waals surface area contributed by atoms with E-state index in [2.05, 4.69) is 4.98 Å². The zero-order valence-corrected chi connectivity index (χ0v) is 12.5. The van der Waals surface area contributed by atoms with Crippen LogP contribution in [-0.4, -0.2) is 59.6 Å². The summed E-state index contributed by atoms with van der Waals surface area (Å²) in [5, 5.41) is 0.